The van der Waals surface area contributed by atoms with Crippen molar-refractivity contribution in [1.29, 1.82) is 0 Å². The minimum absolute atomic E-state index is 0.116. The van der Waals surface area contributed by atoms with Crippen LogP contribution in [0.25, 0.3) is 0 Å². The van der Waals surface area contributed by atoms with Gasteiger partial charge in [0.2, 0.25) is 0 Å². The predicted octanol–water partition coefficient (Wildman–Crippen LogP) is 2.72. The topological polar surface area (TPSA) is 75.4 Å². The monoisotopic (exact) mass is 252 g/mol. The Bertz CT molecular complexity index is 407. The highest BCUT2D eigenvalue weighted by Crippen LogP contribution is 2.25. The Morgan fingerprint density at radius 3 is 2.83 bits per heavy atom. The second-order valence-electron chi connectivity index (χ2n) is 4.63. The van der Waals surface area contributed by atoms with E-state index in [1.807, 2.05) is 19.9 Å². The smallest absolute Gasteiger partial charge is 0.292 e. The Labute approximate surface area is 107 Å². The molecule has 1 atom stereocenters. The van der Waals surface area contributed by atoms with E-state index in [-0.39, 0.29) is 23.1 Å². The van der Waals surface area contributed by atoms with Gasteiger partial charge in [0, 0.05) is 19.2 Å². The van der Waals surface area contributed by atoms with Gasteiger partial charge in [-0.25, -0.2) is 0 Å². The van der Waals surface area contributed by atoms with Crippen molar-refractivity contribution in [1.82, 2.24) is 0 Å². The van der Waals surface area contributed by atoms with Crippen molar-refractivity contribution in [2.45, 2.75) is 26.7 Å². The van der Waals surface area contributed by atoms with Crippen LogP contribution in [-0.4, -0.2) is 23.2 Å². The zero-order chi connectivity index (χ0) is 13.5. The molecule has 18 heavy (non-hydrogen) atoms. The van der Waals surface area contributed by atoms with Gasteiger partial charge in [-0.15, -0.1) is 0 Å². The first-order valence-corrected chi connectivity index (χ1v) is 6.14. The minimum Gasteiger partial charge on any atom is -0.396 e. The fourth-order valence-corrected chi connectivity index (χ4v) is 1.71. The van der Waals surface area contributed by atoms with E-state index < -0.39 is 0 Å². The molecule has 0 bridgehead atoms. The molecule has 0 saturated heterocycles. The van der Waals surface area contributed by atoms with E-state index in [4.69, 9.17) is 5.11 Å². The summed E-state index contributed by atoms with van der Waals surface area (Å²) in [6, 6.07) is 5.16. The first kappa shape index (κ1) is 14.4. The Kier molecular flexibility index (Phi) is 5.58. The maximum Gasteiger partial charge on any atom is 0.292 e. The van der Waals surface area contributed by atoms with E-state index in [0.717, 1.165) is 18.4 Å². The van der Waals surface area contributed by atoms with E-state index in [1.165, 1.54) is 0 Å². The van der Waals surface area contributed by atoms with Crippen LogP contribution < -0.4 is 5.32 Å². The lowest BCUT2D eigenvalue weighted by Gasteiger charge is -2.10. The summed E-state index contributed by atoms with van der Waals surface area (Å²) in [5, 5.41) is 22.9. The van der Waals surface area contributed by atoms with Crippen LogP contribution in [0, 0.1) is 23.0 Å². The molecule has 0 spiro atoms. The average Bonchev–Trinajstić information content (AvgIpc) is 2.35. The number of aryl methyl sites for hydroxylation is 1. The number of hydrogen-bond acceptors (Lipinski definition) is 4. The zero-order valence-electron chi connectivity index (χ0n) is 10.8. The third kappa shape index (κ3) is 4.33. The Hall–Kier alpha value is -1.62. The molecule has 1 unspecified atom stereocenters. The van der Waals surface area contributed by atoms with Crippen LogP contribution in [0.3, 0.4) is 0 Å². The molecule has 0 amide bonds. The number of nitrogens with zero attached hydrogens (tertiary/aromatic N) is 1. The molecule has 0 aromatic heterocycles. The largest absolute Gasteiger partial charge is 0.396 e. The highest BCUT2D eigenvalue weighted by atomic mass is 16.6. The highest BCUT2D eigenvalue weighted by molar-refractivity contribution is 5.62. The van der Waals surface area contributed by atoms with Crippen LogP contribution in [0.1, 0.15) is 25.3 Å². The molecular formula is C13H20N2O3. The molecule has 1 aromatic rings. The molecule has 1 rings (SSSR count). The van der Waals surface area contributed by atoms with Gasteiger partial charge in [-0.1, -0.05) is 13.0 Å². The second-order valence-corrected chi connectivity index (χ2v) is 4.63. The Morgan fingerprint density at radius 1 is 1.50 bits per heavy atom. The van der Waals surface area contributed by atoms with Crippen molar-refractivity contribution in [3.63, 3.8) is 0 Å². The molecule has 0 fully saturated rings. The Morgan fingerprint density at radius 2 is 2.22 bits per heavy atom. The quantitative estimate of drug-likeness (QED) is 0.444. The van der Waals surface area contributed by atoms with Gasteiger partial charge in [0.15, 0.2) is 0 Å². The number of nitro groups is 1. The SMILES string of the molecule is Cc1ccc(NCCCC(C)CO)c([N+](=O)[O-])c1. The third-order valence-electron chi connectivity index (χ3n) is 2.85. The van der Waals surface area contributed by atoms with Crippen molar-refractivity contribution in [3.8, 4) is 0 Å². The van der Waals surface area contributed by atoms with Gasteiger partial charge in [-0.2, -0.15) is 0 Å². The van der Waals surface area contributed by atoms with E-state index in [9.17, 15) is 10.1 Å². The molecule has 0 radical (unpaired) electrons. The number of benzene rings is 1. The second kappa shape index (κ2) is 6.96. The number of aliphatic hydroxyl groups is 1. The van der Waals surface area contributed by atoms with Crippen molar-refractivity contribution in [3.05, 3.63) is 33.9 Å². The summed E-state index contributed by atoms with van der Waals surface area (Å²) in [6.45, 7) is 4.67. The van der Waals surface area contributed by atoms with Gasteiger partial charge in [0.25, 0.3) is 5.69 Å². The molecule has 0 aliphatic heterocycles. The summed E-state index contributed by atoms with van der Waals surface area (Å²) in [5.41, 5.74) is 1.55. The van der Waals surface area contributed by atoms with Crippen molar-refractivity contribution < 1.29 is 10.0 Å². The number of aliphatic hydroxyl groups excluding tert-OH is 1. The zero-order valence-corrected chi connectivity index (χ0v) is 10.8. The fraction of sp³-hybridized carbons (Fsp3) is 0.538. The summed E-state index contributed by atoms with van der Waals surface area (Å²) in [5.74, 6) is 0.278. The number of anilines is 1. The van der Waals surface area contributed by atoms with Gasteiger partial charge >= 0.3 is 0 Å². The molecule has 0 aliphatic rings. The number of rotatable bonds is 7. The maximum atomic E-state index is 10.9. The fourth-order valence-electron chi connectivity index (χ4n) is 1.71. The van der Waals surface area contributed by atoms with Crippen LogP contribution in [0.4, 0.5) is 11.4 Å². The first-order valence-electron chi connectivity index (χ1n) is 6.14. The van der Waals surface area contributed by atoms with Crippen LogP contribution >= 0.6 is 0 Å². The van der Waals surface area contributed by atoms with E-state index in [2.05, 4.69) is 5.32 Å². The number of nitrogens with one attached hydrogen (secondary N) is 1. The van der Waals surface area contributed by atoms with Crippen LogP contribution in [0.5, 0.6) is 0 Å². The first-order chi connectivity index (χ1) is 8.54. The number of nitro benzene ring substituents is 1. The van der Waals surface area contributed by atoms with Crippen molar-refractivity contribution in [2.75, 3.05) is 18.5 Å². The molecule has 5 heteroatoms. The van der Waals surface area contributed by atoms with Gasteiger partial charge in [-0.3, -0.25) is 10.1 Å². The van der Waals surface area contributed by atoms with E-state index >= 15 is 0 Å². The van der Waals surface area contributed by atoms with E-state index in [0.29, 0.717) is 12.2 Å². The lowest BCUT2D eigenvalue weighted by molar-refractivity contribution is -0.384. The van der Waals surface area contributed by atoms with Gasteiger partial charge < -0.3 is 10.4 Å². The van der Waals surface area contributed by atoms with Gasteiger partial charge in [-0.05, 0) is 37.3 Å². The molecular weight excluding hydrogens is 232 g/mol. The van der Waals surface area contributed by atoms with Crippen LogP contribution in [0.2, 0.25) is 0 Å². The number of hydrogen-bond donors (Lipinski definition) is 2. The average molecular weight is 252 g/mol. The summed E-state index contributed by atoms with van der Waals surface area (Å²) in [7, 11) is 0. The van der Waals surface area contributed by atoms with Crippen molar-refractivity contribution in [2.24, 2.45) is 5.92 Å². The highest BCUT2D eigenvalue weighted by Gasteiger charge is 2.12. The van der Waals surface area contributed by atoms with E-state index in [1.54, 1.807) is 12.1 Å². The summed E-state index contributed by atoms with van der Waals surface area (Å²) >= 11 is 0. The van der Waals surface area contributed by atoms with Crippen LogP contribution in [-0.2, 0) is 0 Å². The lowest BCUT2D eigenvalue weighted by Crippen LogP contribution is -2.07. The molecule has 0 heterocycles. The molecule has 5 nitrogen and oxygen atoms in total. The molecule has 0 saturated carbocycles. The third-order valence-corrected chi connectivity index (χ3v) is 2.85. The molecule has 100 valence electrons. The predicted molar refractivity (Wildman–Crippen MR) is 71.8 cm³/mol. The lowest BCUT2D eigenvalue weighted by atomic mass is 10.1. The molecule has 0 aliphatic carbocycles. The maximum absolute atomic E-state index is 10.9. The van der Waals surface area contributed by atoms with Crippen molar-refractivity contribution >= 4 is 11.4 Å². The standard InChI is InChI=1S/C13H20N2O3/c1-10-5-6-12(13(8-10)15(17)18)14-7-3-4-11(2)9-16/h5-6,8,11,14,16H,3-4,7,9H2,1-2H3. The normalized spacial score (nSPS) is 12.2. The van der Waals surface area contributed by atoms with Gasteiger partial charge in [0.05, 0.1) is 4.92 Å². The summed E-state index contributed by atoms with van der Waals surface area (Å²) in [6.07, 6.45) is 1.79. The van der Waals surface area contributed by atoms with Gasteiger partial charge in [0.1, 0.15) is 5.69 Å². The summed E-state index contributed by atoms with van der Waals surface area (Å²) in [4.78, 5) is 10.5. The van der Waals surface area contributed by atoms with Crippen LogP contribution in [0.15, 0.2) is 18.2 Å². The molecule has 2 N–H and O–H groups in total. The Balaban J connectivity index is 2.54. The molecule has 1 aromatic carbocycles. The summed E-state index contributed by atoms with van der Waals surface area (Å²) < 4.78 is 0. The minimum atomic E-state index is -0.369.